The Labute approximate surface area is 119 Å². The third kappa shape index (κ3) is 3.28. The van der Waals surface area contributed by atoms with Crippen LogP contribution in [0.4, 0.5) is 5.69 Å². The lowest BCUT2D eigenvalue weighted by molar-refractivity contribution is 0.229. The van der Waals surface area contributed by atoms with Crippen LogP contribution < -0.4 is 5.32 Å². The van der Waals surface area contributed by atoms with E-state index >= 15 is 0 Å². The molecule has 1 aromatic carbocycles. The van der Waals surface area contributed by atoms with Gasteiger partial charge in [-0.1, -0.05) is 36.2 Å². The average molecular weight is 310 g/mol. The predicted molar refractivity (Wildman–Crippen MR) is 83.3 cm³/mol. The number of benzene rings is 1. The molecule has 1 aliphatic carbocycles. The van der Waals surface area contributed by atoms with Gasteiger partial charge in [-0.05, 0) is 61.8 Å². The fourth-order valence-electron chi connectivity index (χ4n) is 3.09. The standard InChI is InChI=1S/C16H24BrN/c1-11-8-14(9-12(2)15(11)17)18-13-6-5-7-16(3,4)10-13/h8-9,13,18H,5-7,10H2,1-4H3. The highest BCUT2D eigenvalue weighted by molar-refractivity contribution is 9.10. The van der Waals surface area contributed by atoms with E-state index in [4.69, 9.17) is 0 Å². The molecule has 0 radical (unpaired) electrons. The van der Waals surface area contributed by atoms with Gasteiger partial charge in [0.05, 0.1) is 0 Å². The fourth-order valence-corrected chi connectivity index (χ4v) is 3.32. The molecule has 1 fully saturated rings. The van der Waals surface area contributed by atoms with Gasteiger partial charge in [-0.25, -0.2) is 0 Å². The van der Waals surface area contributed by atoms with E-state index in [1.54, 1.807) is 0 Å². The Balaban J connectivity index is 2.10. The minimum absolute atomic E-state index is 0.495. The molecule has 100 valence electrons. The van der Waals surface area contributed by atoms with Gasteiger partial charge in [-0.15, -0.1) is 0 Å². The molecule has 1 atom stereocenters. The smallest absolute Gasteiger partial charge is 0.0348 e. The summed E-state index contributed by atoms with van der Waals surface area (Å²) < 4.78 is 1.23. The Bertz CT molecular complexity index is 414. The Morgan fingerprint density at radius 1 is 1.22 bits per heavy atom. The van der Waals surface area contributed by atoms with Crippen molar-refractivity contribution in [1.29, 1.82) is 0 Å². The van der Waals surface area contributed by atoms with Crippen LogP contribution in [0.2, 0.25) is 0 Å². The number of hydrogen-bond acceptors (Lipinski definition) is 1. The Kier molecular flexibility index (Phi) is 4.05. The van der Waals surface area contributed by atoms with E-state index in [0.717, 1.165) is 0 Å². The van der Waals surface area contributed by atoms with Crippen molar-refractivity contribution in [3.05, 3.63) is 27.7 Å². The van der Waals surface area contributed by atoms with Crippen LogP contribution in [0.25, 0.3) is 0 Å². The van der Waals surface area contributed by atoms with Crippen molar-refractivity contribution < 1.29 is 0 Å². The second kappa shape index (κ2) is 5.24. The molecule has 1 aliphatic rings. The molecule has 0 spiro atoms. The van der Waals surface area contributed by atoms with Crippen molar-refractivity contribution in [2.45, 2.75) is 59.4 Å². The van der Waals surface area contributed by atoms with Crippen LogP contribution in [0.3, 0.4) is 0 Å². The van der Waals surface area contributed by atoms with E-state index in [1.165, 1.54) is 47.0 Å². The second-order valence-electron chi connectivity index (χ2n) is 6.53. The summed E-state index contributed by atoms with van der Waals surface area (Å²) in [5, 5.41) is 3.72. The first-order valence-corrected chi connectivity index (χ1v) is 7.70. The van der Waals surface area contributed by atoms with Crippen molar-refractivity contribution in [2.24, 2.45) is 5.41 Å². The van der Waals surface area contributed by atoms with E-state index in [2.05, 4.69) is 61.1 Å². The van der Waals surface area contributed by atoms with Gasteiger partial charge < -0.3 is 5.32 Å². The molecular formula is C16H24BrN. The van der Waals surface area contributed by atoms with Gasteiger partial charge in [0.15, 0.2) is 0 Å². The lowest BCUT2D eigenvalue weighted by Crippen LogP contribution is -2.31. The van der Waals surface area contributed by atoms with Crippen LogP contribution in [0.5, 0.6) is 0 Å². The van der Waals surface area contributed by atoms with Crippen LogP contribution in [-0.2, 0) is 0 Å². The molecule has 1 aromatic rings. The van der Waals surface area contributed by atoms with Gasteiger partial charge in [-0.3, -0.25) is 0 Å². The highest BCUT2D eigenvalue weighted by atomic mass is 79.9. The topological polar surface area (TPSA) is 12.0 Å². The molecule has 0 amide bonds. The lowest BCUT2D eigenvalue weighted by Gasteiger charge is -2.36. The minimum atomic E-state index is 0.495. The lowest BCUT2D eigenvalue weighted by atomic mass is 9.75. The third-order valence-electron chi connectivity index (χ3n) is 4.01. The van der Waals surface area contributed by atoms with E-state index < -0.39 is 0 Å². The third-order valence-corrected chi connectivity index (χ3v) is 5.26. The van der Waals surface area contributed by atoms with Crippen molar-refractivity contribution in [3.8, 4) is 0 Å². The van der Waals surface area contributed by atoms with E-state index in [-0.39, 0.29) is 0 Å². The molecule has 2 heteroatoms. The van der Waals surface area contributed by atoms with Crippen LogP contribution in [0.15, 0.2) is 16.6 Å². The first-order valence-electron chi connectivity index (χ1n) is 6.91. The highest BCUT2D eigenvalue weighted by Crippen LogP contribution is 2.36. The van der Waals surface area contributed by atoms with Gasteiger partial charge in [0.25, 0.3) is 0 Å². The zero-order valence-corrected chi connectivity index (χ0v) is 13.5. The molecule has 2 rings (SSSR count). The zero-order chi connectivity index (χ0) is 13.3. The van der Waals surface area contributed by atoms with Crippen molar-refractivity contribution >= 4 is 21.6 Å². The van der Waals surface area contributed by atoms with Gasteiger partial charge in [0, 0.05) is 16.2 Å². The molecule has 0 heterocycles. The predicted octanol–water partition coefficient (Wildman–Crippen LogP) is 5.45. The Morgan fingerprint density at radius 3 is 2.39 bits per heavy atom. The maximum atomic E-state index is 3.72. The molecule has 0 aromatic heterocycles. The van der Waals surface area contributed by atoms with Gasteiger partial charge >= 0.3 is 0 Å². The van der Waals surface area contributed by atoms with Crippen LogP contribution in [0, 0.1) is 19.3 Å². The second-order valence-corrected chi connectivity index (χ2v) is 7.32. The van der Waals surface area contributed by atoms with Crippen LogP contribution in [-0.4, -0.2) is 6.04 Å². The summed E-state index contributed by atoms with van der Waals surface area (Å²) in [5.41, 5.74) is 4.39. The van der Waals surface area contributed by atoms with E-state index in [0.29, 0.717) is 11.5 Å². The summed E-state index contributed by atoms with van der Waals surface area (Å²) in [7, 11) is 0. The van der Waals surface area contributed by atoms with Gasteiger partial charge in [0.1, 0.15) is 0 Å². The number of halogens is 1. The number of hydrogen-bond donors (Lipinski definition) is 1. The summed E-state index contributed by atoms with van der Waals surface area (Å²) in [6.07, 6.45) is 5.29. The molecule has 1 unspecified atom stereocenters. The monoisotopic (exact) mass is 309 g/mol. The number of rotatable bonds is 2. The van der Waals surface area contributed by atoms with Crippen molar-refractivity contribution in [3.63, 3.8) is 0 Å². The molecule has 1 N–H and O–H groups in total. The average Bonchev–Trinajstić information content (AvgIpc) is 2.24. The van der Waals surface area contributed by atoms with E-state index in [1.807, 2.05) is 0 Å². The summed E-state index contributed by atoms with van der Waals surface area (Å²) in [6.45, 7) is 9.10. The zero-order valence-electron chi connectivity index (χ0n) is 11.9. The Hall–Kier alpha value is -0.500. The van der Waals surface area contributed by atoms with Crippen LogP contribution in [0.1, 0.15) is 50.7 Å². The highest BCUT2D eigenvalue weighted by Gasteiger charge is 2.27. The first kappa shape index (κ1) is 13.9. The SMILES string of the molecule is Cc1cc(NC2CCCC(C)(C)C2)cc(C)c1Br. The van der Waals surface area contributed by atoms with Gasteiger partial charge in [0.2, 0.25) is 0 Å². The summed E-state index contributed by atoms with van der Waals surface area (Å²) in [4.78, 5) is 0. The summed E-state index contributed by atoms with van der Waals surface area (Å²) >= 11 is 3.63. The number of aryl methyl sites for hydroxylation is 2. The molecule has 18 heavy (non-hydrogen) atoms. The van der Waals surface area contributed by atoms with E-state index in [9.17, 15) is 0 Å². The molecule has 1 nitrogen and oxygen atoms in total. The number of anilines is 1. The molecule has 1 saturated carbocycles. The minimum Gasteiger partial charge on any atom is -0.382 e. The normalized spacial score (nSPS) is 22.8. The summed E-state index contributed by atoms with van der Waals surface area (Å²) in [5.74, 6) is 0. The molecule has 0 aliphatic heterocycles. The largest absolute Gasteiger partial charge is 0.382 e. The molecule has 0 bridgehead atoms. The quantitative estimate of drug-likeness (QED) is 0.766. The molecule has 0 saturated heterocycles. The van der Waals surface area contributed by atoms with Crippen LogP contribution >= 0.6 is 15.9 Å². The molecular weight excluding hydrogens is 286 g/mol. The maximum absolute atomic E-state index is 3.72. The fraction of sp³-hybridized carbons (Fsp3) is 0.625. The van der Waals surface area contributed by atoms with Crippen molar-refractivity contribution in [2.75, 3.05) is 5.32 Å². The van der Waals surface area contributed by atoms with Gasteiger partial charge in [-0.2, -0.15) is 0 Å². The van der Waals surface area contributed by atoms with Crippen molar-refractivity contribution in [1.82, 2.24) is 0 Å². The number of nitrogens with one attached hydrogen (secondary N) is 1. The first-order chi connectivity index (χ1) is 8.37. The summed E-state index contributed by atoms with van der Waals surface area (Å²) in [6, 6.07) is 5.13. The maximum Gasteiger partial charge on any atom is 0.0348 e. The Morgan fingerprint density at radius 2 is 1.83 bits per heavy atom.